The first-order valence-corrected chi connectivity index (χ1v) is 14.4. The lowest BCUT2D eigenvalue weighted by molar-refractivity contribution is 0.216. The van der Waals surface area contributed by atoms with Crippen molar-refractivity contribution in [1.82, 2.24) is 16.0 Å². The maximum atomic E-state index is 13.2. The van der Waals surface area contributed by atoms with Crippen LogP contribution in [0.3, 0.4) is 0 Å². The predicted octanol–water partition coefficient (Wildman–Crippen LogP) is 7.53. The summed E-state index contributed by atoms with van der Waals surface area (Å²) < 4.78 is 0. The molecule has 0 aromatic heterocycles. The Labute approximate surface area is 225 Å². The van der Waals surface area contributed by atoms with Gasteiger partial charge in [0.2, 0.25) is 0 Å². The van der Waals surface area contributed by atoms with Crippen LogP contribution in [0.4, 0.5) is 15.3 Å². The summed E-state index contributed by atoms with van der Waals surface area (Å²) in [5, 5.41) is 19.5. The summed E-state index contributed by atoms with van der Waals surface area (Å²) >= 11 is 0. The second kappa shape index (κ2) is 11.9. The van der Waals surface area contributed by atoms with Gasteiger partial charge in [0, 0.05) is 11.9 Å². The standard InChI is InChI=1S/C32H40N4O2/c1-3-5-9-21(4-2)20-33-31(37)35-27-12-6-7-13-28(27)36-32(38)34-26-19-17-24-15-14-22-10-8-11-23-16-18-25(26)30(24)29(22)23/h8,10-11,14-19,21,27-28H,3-7,9,12-13,20H2,1-2H3,(H2,33,35,37)(H2,34,36,38)/t21?,27-,28-/m1/s1. The van der Waals surface area contributed by atoms with Gasteiger partial charge in [-0.1, -0.05) is 94.5 Å². The first-order valence-electron chi connectivity index (χ1n) is 14.4. The number of amides is 4. The lowest BCUT2D eigenvalue weighted by Crippen LogP contribution is -2.56. The van der Waals surface area contributed by atoms with Crippen LogP contribution in [0.5, 0.6) is 0 Å². The number of hydrogen-bond acceptors (Lipinski definition) is 2. The molecule has 0 heterocycles. The average molecular weight is 513 g/mol. The van der Waals surface area contributed by atoms with Gasteiger partial charge in [-0.05, 0) is 58.2 Å². The highest BCUT2D eigenvalue weighted by molar-refractivity contribution is 6.25. The smallest absolute Gasteiger partial charge is 0.319 e. The SMILES string of the molecule is CCCCC(CC)CNC(=O)N[C@@H]1CCCC[C@H]1NC(=O)Nc1ccc2ccc3cccc4ccc1c2c34. The van der Waals surface area contributed by atoms with E-state index >= 15 is 0 Å². The Morgan fingerprint density at radius 1 is 0.816 bits per heavy atom. The molecule has 1 fully saturated rings. The molecule has 0 bridgehead atoms. The van der Waals surface area contributed by atoms with Crippen molar-refractivity contribution in [2.75, 3.05) is 11.9 Å². The van der Waals surface area contributed by atoms with Crippen LogP contribution in [-0.2, 0) is 0 Å². The summed E-state index contributed by atoms with van der Waals surface area (Å²) in [6.07, 6.45) is 8.38. The fourth-order valence-electron chi connectivity index (χ4n) is 6.05. The van der Waals surface area contributed by atoms with Crippen molar-refractivity contribution in [3.8, 4) is 0 Å². The Balaban J connectivity index is 1.25. The van der Waals surface area contributed by atoms with Crippen molar-refractivity contribution in [2.24, 2.45) is 5.92 Å². The molecule has 0 radical (unpaired) electrons. The summed E-state index contributed by atoms with van der Waals surface area (Å²) in [6, 6.07) is 18.4. The van der Waals surface area contributed by atoms with E-state index in [4.69, 9.17) is 0 Å². The van der Waals surface area contributed by atoms with E-state index < -0.39 is 0 Å². The number of rotatable bonds is 9. The van der Waals surface area contributed by atoms with Crippen LogP contribution >= 0.6 is 0 Å². The highest BCUT2D eigenvalue weighted by Gasteiger charge is 2.28. The first-order chi connectivity index (χ1) is 18.6. The Bertz CT molecular complexity index is 1390. The molecule has 0 spiro atoms. The van der Waals surface area contributed by atoms with Gasteiger partial charge in [0.05, 0.1) is 17.8 Å². The van der Waals surface area contributed by atoms with Gasteiger partial charge in [0.1, 0.15) is 0 Å². The number of carbonyl (C=O) groups excluding carboxylic acids is 2. The highest BCUT2D eigenvalue weighted by atomic mass is 16.2. The van der Waals surface area contributed by atoms with Gasteiger partial charge in [-0.3, -0.25) is 0 Å². The molecule has 38 heavy (non-hydrogen) atoms. The molecule has 3 atom stereocenters. The van der Waals surface area contributed by atoms with Crippen LogP contribution in [0.15, 0.2) is 54.6 Å². The van der Waals surface area contributed by atoms with Crippen molar-refractivity contribution >= 4 is 50.1 Å². The van der Waals surface area contributed by atoms with Crippen molar-refractivity contribution in [3.63, 3.8) is 0 Å². The molecule has 0 aliphatic heterocycles. The molecule has 1 unspecified atom stereocenters. The van der Waals surface area contributed by atoms with Crippen LogP contribution in [-0.4, -0.2) is 30.7 Å². The number of carbonyl (C=O) groups is 2. The van der Waals surface area contributed by atoms with Gasteiger partial charge in [-0.15, -0.1) is 0 Å². The van der Waals surface area contributed by atoms with Gasteiger partial charge in [0.25, 0.3) is 0 Å². The van der Waals surface area contributed by atoms with Crippen LogP contribution < -0.4 is 21.3 Å². The number of anilines is 1. The molecular formula is C32H40N4O2. The van der Waals surface area contributed by atoms with E-state index in [1.807, 2.05) is 6.07 Å². The topological polar surface area (TPSA) is 82.3 Å². The van der Waals surface area contributed by atoms with Crippen molar-refractivity contribution in [2.45, 2.75) is 77.3 Å². The Morgan fingerprint density at radius 2 is 1.45 bits per heavy atom. The summed E-state index contributed by atoms with van der Waals surface area (Å²) in [6.45, 7) is 5.08. The van der Waals surface area contributed by atoms with Crippen LogP contribution in [0.25, 0.3) is 32.3 Å². The molecule has 1 saturated carbocycles. The highest BCUT2D eigenvalue weighted by Crippen LogP contribution is 2.37. The summed E-state index contributed by atoms with van der Waals surface area (Å²) in [4.78, 5) is 25.9. The number of unbranched alkanes of at least 4 members (excludes halogenated alkanes) is 1. The molecule has 200 valence electrons. The van der Waals surface area contributed by atoms with E-state index in [-0.39, 0.29) is 24.1 Å². The van der Waals surface area contributed by atoms with E-state index in [2.05, 4.69) is 83.6 Å². The molecule has 5 rings (SSSR count). The largest absolute Gasteiger partial charge is 0.338 e. The molecule has 6 nitrogen and oxygen atoms in total. The Hall–Kier alpha value is -3.54. The molecule has 0 saturated heterocycles. The summed E-state index contributed by atoms with van der Waals surface area (Å²) in [7, 11) is 0. The molecule has 1 aliphatic rings. The Morgan fingerprint density at radius 3 is 2.13 bits per heavy atom. The maximum absolute atomic E-state index is 13.2. The Kier molecular flexibility index (Phi) is 8.16. The van der Waals surface area contributed by atoms with E-state index in [0.29, 0.717) is 12.5 Å². The van der Waals surface area contributed by atoms with Gasteiger partial charge < -0.3 is 21.3 Å². The molecule has 4 N–H and O–H groups in total. The quantitative estimate of drug-likeness (QED) is 0.175. The van der Waals surface area contributed by atoms with Gasteiger partial charge >= 0.3 is 12.1 Å². The molecular weight excluding hydrogens is 472 g/mol. The lowest BCUT2D eigenvalue weighted by Gasteiger charge is -2.33. The molecule has 4 aromatic rings. The van der Waals surface area contributed by atoms with Crippen molar-refractivity contribution in [1.29, 1.82) is 0 Å². The van der Waals surface area contributed by atoms with Crippen LogP contribution in [0.2, 0.25) is 0 Å². The van der Waals surface area contributed by atoms with Crippen molar-refractivity contribution in [3.05, 3.63) is 54.6 Å². The molecule has 4 aromatic carbocycles. The minimum absolute atomic E-state index is 0.0772. The number of benzene rings is 4. The zero-order valence-electron chi connectivity index (χ0n) is 22.6. The zero-order valence-corrected chi connectivity index (χ0v) is 22.6. The van der Waals surface area contributed by atoms with Gasteiger partial charge in [0.15, 0.2) is 0 Å². The number of nitrogens with one attached hydrogen (secondary N) is 4. The van der Waals surface area contributed by atoms with Gasteiger partial charge in [-0.25, -0.2) is 9.59 Å². The average Bonchev–Trinajstić information content (AvgIpc) is 2.93. The number of hydrogen-bond donors (Lipinski definition) is 4. The summed E-state index contributed by atoms with van der Waals surface area (Å²) in [5.74, 6) is 0.511. The zero-order chi connectivity index (χ0) is 26.5. The second-order valence-electron chi connectivity index (χ2n) is 10.8. The van der Waals surface area contributed by atoms with Crippen LogP contribution in [0, 0.1) is 5.92 Å². The fourth-order valence-corrected chi connectivity index (χ4v) is 6.05. The summed E-state index contributed by atoms with van der Waals surface area (Å²) in [5.41, 5.74) is 0.795. The number of urea groups is 2. The van der Waals surface area contributed by atoms with Crippen LogP contribution in [0.1, 0.15) is 65.2 Å². The van der Waals surface area contributed by atoms with E-state index in [1.54, 1.807) is 0 Å². The van der Waals surface area contributed by atoms with E-state index in [0.717, 1.165) is 55.0 Å². The third-order valence-electron chi connectivity index (χ3n) is 8.27. The second-order valence-corrected chi connectivity index (χ2v) is 10.8. The van der Waals surface area contributed by atoms with Gasteiger partial charge in [-0.2, -0.15) is 0 Å². The first kappa shape index (κ1) is 26.1. The molecule has 6 heteroatoms. The van der Waals surface area contributed by atoms with E-state index in [1.165, 1.54) is 34.4 Å². The third-order valence-corrected chi connectivity index (χ3v) is 8.27. The third kappa shape index (κ3) is 5.64. The maximum Gasteiger partial charge on any atom is 0.319 e. The normalized spacial score (nSPS) is 18.5. The van der Waals surface area contributed by atoms with Crippen molar-refractivity contribution < 1.29 is 9.59 Å². The minimum Gasteiger partial charge on any atom is -0.338 e. The lowest BCUT2D eigenvalue weighted by atomic mass is 9.90. The molecule has 1 aliphatic carbocycles. The predicted molar refractivity (Wildman–Crippen MR) is 158 cm³/mol. The minimum atomic E-state index is -0.232. The monoisotopic (exact) mass is 512 g/mol. The fraction of sp³-hybridized carbons (Fsp3) is 0.438. The van der Waals surface area contributed by atoms with E-state index in [9.17, 15) is 9.59 Å². The molecule has 4 amide bonds.